The van der Waals surface area contributed by atoms with Gasteiger partial charge in [-0.3, -0.25) is 9.48 Å². The fraction of sp³-hybridized carbons (Fsp3) is 0.240. The second-order valence-electron chi connectivity index (χ2n) is 8.16. The van der Waals surface area contributed by atoms with Gasteiger partial charge in [0.25, 0.3) is 5.91 Å². The summed E-state index contributed by atoms with van der Waals surface area (Å²) in [5.41, 5.74) is 2.51. The molecule has 0 radical (unpaired) electrons. The van der Waals surface area contributed by atoms with Gasteiger partial charge in [-0.05, 0) is 30.3 Å². The maximum absolute atomic E-state index is 12.9. The summed E-state index contributed by atoms with van der Waals surface area (Å²) >= 11 is 0. The standard InChI is InChI=1S/C25H26N8O2/c1-31-22(15-21(30-31)18-6-5-7-20(14-18)35-2)24(34)29-19-16-27-25(28-17-19)33-12-10-32(11-13-33)23-8-3-4-9-26-23/h3-9,14-17H,10-13H2,1-2H3,(H,29,34). The summed E-state index contributed by atoms with van der Waals surface area (Å²) < 4.78 is 6.84. The molecule has 1 saturated heterocycles. The maximum atomic E-state index is 12.9. The van der Waals surface area contributed by atoms with Gasteiger partial charge in [-0.15, -0.1) is 0 Å². The number of anilines is 3. The molecule has 0 unspecified atom stereocenters. The topological polar surface area (TPSA) is 101 Å². The summed E-state index contributed by atoms with van der Waals surface area (Å²) in [4.78, 5) is 30.6. The zero-order valence-corrected chi connectivity index (χ0v) is 19.6. The molecule has 1 fully saturated rings. The molecule has 1 amide bonds. The van der Waals surface area contributed by atoms with E-state index in [0.29, 0.717) is 23.0 Å². The molecule has 4 aromatic rings. The van der Waals surface area contributed by atoms with Gasteiger partial charge in [0.05, 0.1) is 30.9 Å². The fourth-order valence-corrected chi connectivity index (χ4v) is 4.02. The fourth-order valence-electron chi connectivity index (χ4n) is 4.02. The van der Waals surface area contributed by atoms with Gasteiger partial charge in [0, 0.05) is 45.0 Å². The molecule has 0 spiro atoms. The number of ether oxygens (including phenoxy) is 1. The van der Waals surface area contributed by atoms with Crippen LogP contribution < -0.4 is 19.9 Å². The van der Waals surface area contributed by atoms with Gasteiger partial charge in [0.15, 0.2) is 0 Å². The normalized spacial score (nSPS) is 13.5. The van der Waals surface area contributed by atoms with Gasteiger partial charge in [0.1, 0.15) is 17.3 Å². The molecule has 1 N–H and O–H groups in total. The lowest BCUT2D eigenvalue weighted by molar-refractivity contribution is 0.101. The number of hydrogen-bond acceptors (Lipinski definition) is 8. The van der Waals surface area contributed by atoms with Crippen molar-refractivity contribution in [2.24, 2.45) is 7.05 Å². The van der Waals surface area contributed by atoms with E-state index in [-0.39, 0.29) is 5.91 Å². The van der Waals surface area contributed by atoms with Crippen molar-refractivity contribution < 1.29 is 9.53 Å². The number of rotatable bonds is 6. The summed E-state index contributed by atoms with van der Waals surface area (Å²) in [7, 11) is 3.36. The van der Waals surface area contributed by atoms with Crippen LogP contribution in [0.1, 0.15) is 10.5 Å². The van der Waals surface area contributed by atoms with E-state index >= 15 is 0 Å². The van der Waals surface area contributed by atoms with Crippen LogP contribution in [0, 0.1) is 0 Å². The van der Waals surface area contributed by atoms with E-state index in [0.717, 1.165) is 43.3 Å². The largest absolute Gasteiger partial charge is 0.497 e. The number of carbonyl (C=O) groups is 1. The third-order valence-corrected chi connectivity index (χ3v) is 5.91. The molecule has 0 bridgehead atoms. The van der Waals surface area contributed by atoms with Crippen molar-refractivity contribution in [3.63, 3.8) is 0 Å². The third kappa shape index (κ3) is 4.91. The third-order valence-electron chi connectivity index (χ3n) is 5.91. The summed E-state index contributed by atoms with van der Waals surface area (Å²) in [6.07, 6.45) is 5.07. The second kappa shape index (κ2) is 9.80. The van der Waals surface area contributed by atoms with Crippen LogP contribution in [-0.2, 0) is 7.05 Å². The smallest absolute Gasteiger partial charge is 0.274 e. The molecule has 0 atom stereocenters. The molecule has 1 aliphatic rings. The Balaban J connectivity index is 1.21. The average Bonchev–Trinajstić information content (AvgIpc) is 3.31. The van der Waals surface area contributed by atoms with E-state index in [1.165, 1.54) is 0 Å². The summed E-state index contributed by atoms with van der Waals surface area (Å²) in [5.74, 6) is 2.07. The van der Waals surface area contributed by atoms with Crippen LogP contribution in [0.15, 0.2) is 67.1 Å². The number of aryl methyl sites for hydroxylation is 1. The first-order valence-electron chi connectivity index (χ1n) is 11.3. The predicted molar refractivity (Wildman–Crippen MR) is 134 cm³/mol. The molecule has 5 rings (SSSR count). The molecular weight excluding hydrogens is 444 g/mol. The van der Waals surface area contributed by atoms with Gasteiger partial charge in [0.2, 0.25) is 5.95 Å². The van der Waals surface area contributed by atoms with Crippen LogP contribution >= 0.6 is 0 Å². The Morgan fingerprint density at radius 3 is 2.43 bits per heavy atom. The lowest BCUT2D eigenvalue weighted by Gasteiger charge is -2.35. The molecule has 0 saturated carbocycles. The Morgan fingerprint density at radius 1 is 0.943 bits per heavy atom. The molecule has 35 heavy (non-hydrogen) atoms. The number of benzene rings is 1. The van der Waals surface area contributed by atoms with Gasteiger partial charge in [-0.25, -0.2) is 15.0 Å². The Morgan fingerprint density at radius 2 is 1.71 bits per heavy atom. The number of pyridine rings is 1. The van der Waals surface area contributed by atoms with Crippen molar-refractivity contribution >= 4 is 23.4 Å². The summed E-state index contributed by atoms with van der Waals surface area (Å²) in [5, 5.41) is 7.34. The number of amides is 1. The van der Waals surface area contributed by atoms with E-state index in [1.54, 1.807) is 37.3 Å². The summed E-state index contributed by atoms with van der Waals surface area (Å²) in [6.45, 7) is 3.28. The van der Waals surface area contributed by atoms with Crippen LogP contribution in [0.3, 0.4) is 0 Å². The van der Waals surface area contributed by atoms with Crippen molar-refractivity contribution in [2.75, 3.05) is 48.4 Å². The Kier molecular flexibility index (Phi) is 6.25. The minimum Gasteiger partial charge on any atom is -0.497 e. The van der Waals surface area contributed by atoms with Crippen molar-refractivity contribution in [1.82, 2.24) is 24.7 Å². The van der Waals surface area contributed by atoms with Crippen LogP contribution in [0.2, 0.25) is 0 Å². The van der Waals surface area contributed by atoms with Crippen molar-refractivity contribution in [2.45, 2.75) is 0 Å². The number of aromatic nitrogens is 5. The SMILES string of the molecule is COc1cccc(-c2cc(C(=O)Nc3cnc(N4CCN(c5ccccn5)CC4)nc3)n(C)n2)c1. The van der Waals surface area contributed by atoms with Gasteiger partial charge in [-0.1, -0.05) is 18.2 Å². The Bertz CT molecular complexity index is 1300. The highest BCUT2D eigenvalue weighted by atomic mass is 16.5. The maximum Gasteiger partial charge on any atom is 0.274 e. The highest BCUT2D eigenvalue weighted by molar-refractivity contribution is 6.03. The molecule has 1 aromatic carbocycles. The zero-order chi connectivity index (χ0) is 24.2. The Labute approximate surface area is 203 Å². The molecule has 1 aliphatic heterocycles. The van der Waals surface area contributed by atoms with E-state index in [4.69, 9.17) is 4.74 Å². The number of nitrogens with zero attached hydrogens (tertiary/aromatic N) is 7. The van der Waals surface area contributed by atoms with Crippen LogP contribution in [0.25, 0.3) is 11.3 Å². The van der Waals surface area contributed by atoms with Crippen molar-refractivity contribution in [3.05, 3.63) is 72.8 Å². The summed E-state index contributed by atoms with van der Waals surface area (Å²) in [6, 6.07) is 15.2. The van der Waals surface area contributed by atoms with Crippen LogP contribution in [-0.4, -0.2) is 63.9 Å². The molecule has 4 heterocycles. The quantitative estimate of drug-likeness (QED) is 0.459. The number of hydrogen-bond donors (Lipinski definition) is 1. The highest BCUT2D eigenvalue weighted by Gasteiger charge is 2.20. The molecule has 0 aliphatic carbocycles. The minimum atomic E-state index is -0.283. The molecule has 10 nitrogen and oxygen atoms in total. The van der Waals surface area contributed by atoms with Crippen LogP contribution in [0.5, 0.6) is 5.75 Å². The van der Waals surface area contributed by atoms with Crippen molar-refractivity contribution in [3.8, 4) is 17.0 Å². The number of methoxy groups -OCH3 is 1. The first-order chi connectivity index (χ1) is 17.1. The van der Waals surface area contributed by atoms with E-state index < -0.39 is 0 Å². The van der Waals surface area contributed by atoms with Gasteiger partial charge >= 0.3 is 0 Å². The number of carbonyl (C=O) groups excluding carboxylic acids is 1. The first kappa shape index (κ1) is 22.3. The van der Waals surface area contributed by atoms with Gasteiger partial charge < -0.3 is 19.9 Å². The predicted octanol–water partition coefficient (Wildman–Crippen LogP) is 2.86. The molecule has 10 heteroatoms. The zero-order valence-electron chi connectivity index (χ0n) is 19.6. The van der Waals surface area contributed by atoms with Gasteiger partial charge in [-0.2, -0.15) is 5.10 Å². The molecular formula is C25H26N8O2. The molecule has 178 valence electrons. The second-order valence-corrected chi connectivity index (χ2v) is 8.16. The van der Waals surface area contributed by atoms with Crippen LogP contribution in [0.4, 0.5) is 17.5 Å². The van der Waals surface area contributed by atoms with Crippen molar-refractivity contribution in [1.29, 1.82) is 0 Å². The average molecular weight is 471 g/mol. The lowest BCUT2D eigenvalue weighted by atomic mass is 10.1. The number of nitrogens with one attached hydrogen (secondary N) is 1. The van der Waals surface area contributed by atoms with E-state index in [9.17, 15) is 4.79 Å². The Hall–Kier alpha value is -4.47. The highest BCUT2D eigenvalue weighted by Crippen LogP contribution is 2.24. The van der Waals surface area contributed by atoms with E-state index in [1.807, 2.05) is 48.7 Å². The minimum absolute atomic E-state index is 0.283. The first-order valence-corrected chi connectivity index (χ1v) is 11.3. The molecule has 3 aromatic heterocycles. The lowest BCUT2D eigenvalue weighted by Crippen LogP contribution is -2.47. The monoisotopic (exact) mass is 470 g/mol. The number of piperazine rings is 1. The van der Waals surface area contributed by atoms with E-state index in [2.05, 4.69) is 35.2 Å².